The predicted octanol–water partition coefficient (Wildman–Crippen LogP) is 4.02. The smallest absolute Gasteiger partial charge is 0.101 e. The van der Waals surface area contributed by atoms with Crippen LogP contribution in [0.15, 0.2) is 46.9 Å². The van der Waals surface area contributed by atoms with Gasteiger partial charge in [-0.25, -0.2) is 4.98 Å². The van der Waals surface area contributed by atoms with Gasteiger partial charge in [0, 0.05) is 15.2 Å². The molecule has 0 amide bonds. The average Bonchev–Trinajstić information content (AvgIpc) is 2.35. The molecule has 80 valence electrons. The summed E-state index contributed by atoms with van der Waals surface area (Å²) in [6.07, 6.45) is 0. The van der Waals surface area contributed by atoms with Gasteiger partial charge in [0.05, 0.1) is 16.6 Å². The molecule has 2 nitrogen and oxygen atoms in total. The minimum absolute atomic E-state index is 0.615. The summed E-state index contributed by atoms with van der Waals surface area (Å²) in [6, 6.07) is 15.9. The van der Waals surface area contributed by atoms with E-state index in [4.69, 9.17) is 5.26 Å². The summed E-state index contributed by atoms with van der Waals surface area (Å²) in [5.41, 5.74) is 2.28. The first kappa shape index (κ1) is 10.2. The Kier molecular flexibility index (Phi) is 2.31. The number of hydrogen-bond donors (Lipinski definition) is 0. The van der Waals surface area contributed by atoms with E-state index in [9.17, 15) is 0 Å². The van der Waals surface area contributed by atoms with Gasteiger partial charge >= 0.3 is 0 Å². The number of benzene rings is 2. The normalized spacial score (nSPS) is 10.6. The van der Waals surface area contributed by atoms with E-state index in [0.29, 0.717) is 5.56 Å². The maximum absolute atomic E-state index is 9.06. The largest absolute Gasteiger partial charge is 0.246 e. The van der Waals surface area contributed by atoms with Crippen LogP contribution in [0.2, 0.25) is 0 Å². The minimum atomic E-state index is 0.615. The van der Waals surface area contributed by atoms with Crippen LogP contribution in [0, 0.1) is 11.3 Å². The van der Waals surface area contributed by atoms with Gasteiger partial charge in [-0.2, -0.15) is 5.26 Å². The van der Waals surface area contributed by atoms with Gasteiger partial charge in [-0.1, -0.05) is 34.1 Å². The van der Waals surface area contributed by atoms with Crippen molar-refractivity contribution in [3.05, 3.63) is 52.5 Å². The van der Waals surface area contributed by atoms with Crippen LogP contribution in [0.25, 0.3) is 21.8 Å². The Balaban J connectivity index is 2.49. The second kappa shape index (κ2) is 3.83. The Hall–Kier alpha value is -1.92. The van der Waals surface area contributed by atoms with Crippen LogP contribution >= 0.6 is 15.9 Å². The van der Waals surface area contributed by atoms with E-state index in [2.05, 4.69) is 33.0 Å². The van der Waals surface area contributed by atoms with Gasteiger partial charge in [-0.05, 0) is 24.3 Å². The molecule has 2 aromatic carbocycles. The number of pyridine rings is 1. The van der Waals surface area contributed by atoms with E-state index in [0.717, 1.165) is 26.3 Å². The molecule has 17 heavy (non-hydrogen) atoms. The first-order chi connectivity index (χ1) is 8.28. The highest BCUT2D eigenvalue weighted by molar-refractivity contribution is 9.10. The van der Waals surface area contributed by atoms with Gasteiger partial charge in [-0.15, -0.1) is 0 Å². The topological polar surface area (TPSA) is 36.7 Å². The number of aromatic nitrogens is 1. The summed E-state index contributed by atoms with van der Waals surface area (Å²) < 4.78 is 0.992. The highest BCUT2D eigenvalue weighted by Gasteiger charge is 2.04. The van der Waals surface area contributed by atoms with Gasteiger partial charge in [0.15, 0.2) is 0 Å². The third kappa shape index (κ3) is 1.67. The predicted molar refractivity (Wildman–Crippen MR) is 71.7 cm³/mol. The summed E-state index contributed by atoms with van der Waals surface area (Å²) in [4.78, 5) is 4.56. The second-order valence-corrected chi connectivity index (χ2v) is 4.73. The van der Waals surface area contributed by atoms with Crippen molar-refractivity contribution in [3.63, 3.8) is 0 Å². The van der Waals surface area contributed by atoms with E-state index in [-0.39, 0.29) is 0 Å². The van der Waals surface area contributed by atoms with Crippen LogP contribution in [0.3, 0.4) is 0 Å². The first-order valence-electron chi connectivity index (χ1n) is 5.17. The van der Waals surface area contributed by atoms with Crippen LogP contribution < -0.4 is 0 Å². The molecule has 0 aliphatic carbocycles. The number of fused-ring (bicyclic) bond motifs is 2. The fourth-order valence-electron chi connectivity index (χ4n) is 1.92. The summed E-state index contributed by atoms with van der Waals surface area (Å²) in [6.45, 7) is 0. The Labute approximate surface area is 107 Å². The van der Waals surface area contributed by atoms with E-state index in [1.54, 1.807) is 6.07 Å². The molecule has 0 radical (unpaired) electrons. The molecule has 0 aliphatic rings. The molecule has 0 spiro atoms. The van der Waals surface area contributed by atoms with Crippen molar-refractivity contribution in [2.75, 3.05) is 0 Å². The van der Waals surface area contributed by atoms with Gasteiger partial charge in [0.25, 0.3) is 0 Å². The number of nitriles is 1. The Bertz CT molecular complexity index is 772. The van der Waals surface area contributed by atoms with Crippen molar-refractivity contribution in [2.45, 2.75) is 0 Å². The first-order valence-corrected chi connectivity index (χ1v) is 5.96. The highest BCUT2D eigenvalue weighted by atomic mass is 79.9. The fraction of sp³-hybridized carbons (Fsp3) is 0. The lowest BCUT2D eigenvalue weighted by molar-refractivity contribution is 1.44. The standard InChI is InChI=1S/C14H7BrN2/c15-12-5-4-9-6-10-2-1-3-11(8-16)14(10)17-13(9)7-12/h1-7H. The third-order valence-corrected chi connectivity index (χ3v) is 3.22. The zero-order valence-corrected chi connectivity index (χ0v) is 10.4. The molecular formula is C14H7BrN2. The quantitative estimate of drug-likeness (QED) is 0.584. The maximum atomic E-state index is 9.06. The minimum Gasteiger partial charge on any atom is -0.246 e. The molecule has 0 fully saturated rings. The van der Waals surface area contributed by atoms with E-state index < -0.39 is 0 Å². The fourth-order valence-corrected chi connectivity index (χ4v) is 2.27. The lowest BCUT2D eigenvalue weighted by Crippen LogP contribution is -1.86. The zero-order chi connectivity index (χ0) is 11.8. The van der Waals surface area contributed by atoms with Crippen LogP contribution in [-0.2, 0) is 0 Å². The number of hydrogen-bond acceptors (Lipinski definition) is 2. The molecule has 1 heterocycles. The van der Waals surface area contributed by atoms with Crippen LogP contribution in [0.4, 0.5) is 0 Å². The van der Waals surface area contributed by atoms with Crippen molar-refractivity contribution in [2.24, 2.45) is 0 Å². The maximum Gasteiger partial charge on any atom is 0.101 e. The molecular weight excluding hydrogens is 276 g/mol. The molecule has 0 aliphatic heterocycles. The van der Waals surface area contributed by atoms with Crippen molar-refractivity contribution >= 4 is 37.7 Å². The number of halogens is 1. The Morgan fingerprint density at radius 2 is 1.94 bits per heavy atom. The summed E-state index contributed by atoms with van der Waals surface area (Å²) in [5, 5.41) is 11.1. The van der Waals surface area contributed by atoms with Crippen molar-refractivity contribution in [3.8, 4) is 6.07 Å². The zero-order valence-electron chi connectivity index (χ0n) is 8.81. The molecule has 3 rings (SSSR count). The lowest BCUT2D eigenvalue weighted by atomic mass is 10.1. The van der Waals surface area contributed by atoms with Crippen LogP contribution in [0.5, 0.6) is 0 Å². The molecule has 0 saturated carbocycles. The van der Waals surface area contributed by atoms with Crippen molar-refractivity contribution < 1.29 is 0 Å². The van der Waals surface area contributed by atoms with E-state index >= 15 is 0 Å². The van der Waals surface area contributed by atoms with Crippen molar-refractivity contribution in [1.82, 2.24) is 4.98 Å². The monoisotopic (exact) mass is 282 g/mol. The van der Waals surface area contributed by atoms with Gasteiger partial charge in [-0.3, -0.25) is 0 Å². The van der Waals surface area contributed by atoms with Crippen molar-refractivity contribution in [1.29, 1.82) is 5.26 Å². The van der Waals surface area contributed by atoms with E-state index in [1.807, 2.05) is 30.3 Å². The number of para-hydroxylation sites is 1. The van der Waals surface area contributed by atoms with Crippen LogP contribution in [0.1, 0.15) is 5.56 Å². The number of nitrogens with zero attached hydrogens (tertiary/aromatic N) is 2. The molecule has 0 saturated heterocycles. The van der Waals surface area contributed by atoms with E-state index in [1.165, 1.54) is 0 Å². The molecule has 0 bridgehead atoms. The molecule has 3 aromatic rings. The van der Waals surface area contributed by atoms with Gasteiger partial charge in [0.1, 0.15) is 6.07 Å². The van der Waals surface area contributed by atoms with Gasteiger partial charge in [0.2, 0.25) is 0 Å². The Morgan fingerprint density at radius 1 is 1.06 bits per heavy atom. The Morgan fingerprint density at radius 3 is 2.76 bits per heavy atom. The van der Waals surface area contributed by atoms with Gasteiger partial charge < -0.3 is 0 Å². The average molecular weight is 283 g/mol. The number of rotatable bonds is 0. The lowest BCUT2D eigenvalue weighted by Gasteiger charge is -2.03. The highest BCUT2D eigenvalue weighted by Crippen LogP contribution is 2.24. The summed E-state index contributed by atoms with van der Waals surface area (Å²) >= 11 is 3.43. The summed E-state index contributed by atoms with van der Waals surface area (Å²) in [5.74, 6) is 0. The molecule has 3 heteroatoms. The molecule has 1 aromatic heterocycles. The third-order valence-electron chi connectivity index (χ3n) is 2.72. The van der Waals surface area contributed by atoms with Crippen LogP contribution in [-0.4, -0.2) is 4.98 Å². The molecule has 0 atom stereocenters. The summed E-state index contributed by atoms with van der Waals surface area (Å²) in [7, 11) is 0. The SMILES string of the molecule is N#Cc1cccc2cc3ccc(Br)cc3nc12. The molecule has 0 N–H and O–H groups in total. The second-order valence-electron chi connectivity index (χ2n) is 3.81. The molecule has 0 unspecified atom stereocenters.